The van der Waals surface area contributed by atoms with Gasteiger partial charge in [-0.25, -0.2) is 5.10 Å². The number of fused-ring (bicyclic) bond motifs is 1. The number of H-pyrrole nitrogens is 1. The molecule has 3 heterocycles. The standard InChI is InChI=1S/C20H23N3O2/c24-19-7-5-17(21-22-19)14-4-6-18-15(12-14)13-20(25-18)8-10-23(11-9-20)16-2-1-3-16/h4-7,12,16H,1-3,8-11,13H2,(H,22,24). The Kier molecular flexibility index (Phi) is 3.45. The van der Waals surface area contributed by atoms with Gasteiger partial charge in [0.25, 0.3) is 5.56 Å². The number of nitrogens with zero attached hydrogens (tertiary/aromatic N) is 2. The Morgan fingerprint density at radius 1 is 1.16 bits per heavy atom. The van der Waals surface area contributed by atoms with E-state index in [9.17, 15) is 4.79 Å². The molecule has 0 amide bonds. The highest BCUT2D eigenvalue weighted by molar-refractivity contribution is 5.62. The maximum atomic E-state index is 11.2. The van der Waals surface area contributed by atoms with Crippen molar-refractivity contribution in [2.45, 2.75) is 50.2 Å². The number of benzene rings is 1. The van der Waals surface area contributed by atoms with Crippen LogP contribution in [0.4, 0.5) is 0 Å². The number of ether oxygens (including phenoxy) is 1. The Hall–Kier alpha value is -2.14. The highest BCUT2D eigenvalue weighted by Crippen LogP contribution is 2.43. The van der Waals surface area contributed by atoms with Crippen LogP contribution in [0.1, 0.15) is 37.7 Å². The Morgan fingerprint density at radius 3 is 2.68 bits per heavy atom. The molecule has 1 spiro atoms. The first-order valence-electron chi connectivity index (χ1n) is 9.33. The lowest BCUT2D eigenvalue weighted by Crippen LogP contribution is -2.52. The van der Waals surface area contributed by atoms with Gasteiger partial charge in [0.05, 0.1) is 5.69 Å². The molecular weight excluding hydrogens is 314 g/mol. The molecule has 2 fully saturated rings. The summed E-state index contributed by atoms with van der Waals surface area (Å²) in [7, 11) is 0. The molecule has 5 nitrogen and oxygen atoms in total. The first-order valence-corrected chi connectivity index (χ1v) is 9.33. The molecule has 130 valence electrons. The fourth-order valence-electron chi connectivity index (χ4n) is 4.43. The van der Waals surface area contributed by atoms with Crippen molar-refractivity contribution in [3.05, 3.63) is 46.2 Å². The van der Waals surface area contributed by atoms with E-state index in [0.717, 1.165) is 55.4 Å². The van der Waals surface area contributed by atoms with Crippen LogP contribution in [0.15, 0.2) is 35.1 Å². The molecule has 1 saturated heterocycles. The van der Waals surface area contributed by atoms with E-state index < -0.39 is 0 Å². The van der Waals surface area contributed by atoms with E-state index >= 15 is 0 Å². The summed E-state index contributed by atoms with van der Waals surface area (Å²) in [5, 5.41) is 6.65. The number of piperidine rings is 1. The van der Waals surface area contributed by atoms with Crippen LogP contribution < -0.4 is 10.3 Å². The summed E-state index contributed by atoms with van der Waals surface area (Å²) in [5.74, 6) is 1.02. The molecule has 1 saturated carbocycles. The lowest BCUT2D eigenvalue weighted by atomic mass is 9.83. The normalized spacial score (nSPS) is 22.4. The minimum absolute atomic E-state index is 0.0143. The van der Waals surface area contributed by atoms with E-state index in [1.165, 1.54) is 30.9 Å². The third-order valence-corrected chi connectivity index (χ3v) is 6.17. The topological polar surface area (TPSA) is 58.2 Å². The Morgan fingerprint density at radius 2 is 2.00 bits per heavy atom. The molecule has 5 heteroatoms. The van der Waals surface area contributed by atoms with E-state index in [1.54, 1.807) is 6.07 Å². The largest absolute Gasteiger partial charge is 0.487 e. The molecule has 0 bridgehead atoms. The quantitative estimate of drug-likeness (QED) is 0.915. The molecule has 0 radical (unpaired) electrons. The number of rotatable bonds is 2. The lowest BCUT2D eigenvalue weighted by Gasteiger charge is -2.45. The summed E-state index contributed by atoms with van der Waals surface area (Å²) < 4.78 is 6.42. The zero-order valence-electron chi connectivity index (χ0n) is 14.3. The molecule has 1 N–H and O–H groups in total. The number of likely N-dealkylation sites (tertiary alicyclic amines) is 1. The van der Waals surface area contributed by atoms with Crippen LogP contribution in [-0.4, -0.2) is 39.8 Å². The highest BCUT2D eigenvalue weighted by atomic mass is 16.5. The van der Waals surface area contributed by atoms with Gasteiger partial charge in [-0.3, -0.25) is 4.79 Å². The lowest BCUT2D eigenvalue weighted by molar-refractivity contribution is -0.00746. The molecular formula is C20H23N3O2. The molecule has 0 unspecified atom stereocenters. The van der Waals surface area contributed by atoms with Crippen LogP contribution in [0.3, 0.4) is 0 Å². The summed E-state index contributed by atoms with van der Waals surface area (Å²) in [6.45, 7) is 2.32. The Bertz CT molecular complexity index is 828. The third-order valence-electron chi connectivity index (χ3n) is 6.17. The molecule has 5 rings (SSSR count). The second kappa shape index (κ2) is 5.70. The van der Waals surface area contributed by atoms with Crippen molar-refractivity contribution in [2.24, 2.45) is 0 Å². The van der Waals surface area contributed by atoms with Gasteiger partial charge < -0.3 is 9.64 Å². The summed E-state index contributed by atoms with van der Waals surface area (Å²) in [6.07, 6.45) is 7.37. The molecule has 0 atom stereocenters. The van der Waals surface area contributed by atoms with Crippen LogP contribution in [0.2, 0.25) is 0 Å². The van der Waals surface area contributed by atoms with Crippen molar-refractivity contribution in [3.63, 3.8) is 0 Å². The second-order valence-electron chi connectivity index (χ2n) is 7.71. The molecule has 1 aliphatic carbocycles. The predicted molar refractivity (Wildman–Crippen MR) is 95.8 cm³/mol. The van der Waals surface area contributed by atoms with Crippen molar-refractivity contribution in [1.82, 2.24) is 15.1 Å². The maximum Gasteiger partial charge on any atom is 0.264 e. The molecule has 2 aliphatic heterocycles. The number of hydrogen-bond donors (Lipinski definition) is 1. The van der Waals surface area contributed by atoms with Crippen molar-refractivity contribution in [1.29, 1.82) is 0 Å². The van der Waals surface area contributed by atoms with Crippen LogP contribution in [0.25, 0.3) is 11.3 Å². The molecule has 1 aromatic heterocycles. The molecule has 25 heavy (non-hydrogen) atoms. The zero-order chi connectivity index (χ0) is 16.9. The second-order valence-corrected chi connectivity index (χ2v) is 7.71. The van der Waals surface area contributed by atoms with Gasteiger partial charge in [0.1, 0.15) is 11.4 Å². The van der Waals surface area contributed by atoms with Crippen LogP contribution in [-0.2, 0) is 6.42 Å². The van der Waals surface area contributed by atoms with Gasteiger partial charge in [0.2, 0.25) is 0 Å². The van der Waals surface area contributed by atoms with Crippen LogP contribution in [0.5, 0.6) is 5.75 Å². The SMILES string of the molecule is O=c1ccc(-c2ccc3c(c2)CC2(CCN(C4CCC4)CC2)O3)n[nH]1. The van der Waals surface area contributed by atoms with Crippen molar-refractivity contribution >= 4 is 0 Å². The van der Waals surface area contributed by atoms with Crippen molar-refractivity contribution in [3.8, 4) is 17.0 Å². The van der Waals surface area contributed by atoms with E-state index in [0.29, 0.717) is 0 Å². The molecule has 1 aromatic carbocycles. The van der Waals surface area contributed by atoms with Crippen LogP contribution >= 0.6 is 0 Å². The molecule has 3 aliphatic rings. The number of nitrogens with one attached hydrogen (secondary N) is 1. The minimum Gasteiger partial charge on any atom is -0.487 e. The fourth-order valence-corrected chi connectivity index (χ4v) is 4.43. The fraction of sp³-hybridized carbons (Fsp3) is 0.500. The Balaban J connectivity index is 1.34. The van der Waals surface area contributed by atoms with Gasteiger partial charge in [-0.1, -0.05) is 6.42 Å². The van der Waals surface area contributed by atoms with E-state index in [4.69, 9.17) is 4.74 Å². The minimum atomic E-state index is -0.176. The number of aromatic nitrogens is 2. The molecule has 2 aromatic rings. The predicted octanol–water partition coefficient (Wildman–Crippen LogP) is 2.76. The average Bonchev–Trinajstić information content (AvgIpc) is 2.93. The number of hydrogen-bond acceptors (Lipinski definition) is 4. The first kappa shape index (κ1) is 15.1. The summed E-state index contributed by atoms with van der Waals surface area (Å²) in [6, 6.07) is 10.4. The van der Waals surface area contributed by atoms with E-state index in [-0.39, 0.29) is 11.2 Å². The van der Waals surface area contributed by atoms with Crippen molar-refractivity contribution < 1.29 is 4.74 Å². The van der Waals surface area contributed by atoms with Gasteiger partial charge in [0, 0.05) is 50.0 Å². The summed E-state index contributed by atoms with van der Waals surface area (Å²) >= 11 is 0. The first-order chi connectivity index (χ1) is 12.2. The average molecular weight is 337 g/mol. The summed E-state index contributed by atoms with van der Waals surface area (Å²) in [5.41, 5.74) is 2.90. The zero-order valence-corrected chi connectivity index (χ0v) is 14.3. The Labute approximate surface area is 147 Å². The van der Waals surface area contributed by atoms with E-state index in [2.05, 4.69) is 27.2 Å². The smallest absolute Gasteiger partial charge is 0.264 e. The third kappa shape index (κ3) is 2.67. The van der Waals surface area contributed by atoms with Gasteiger partial charge in [-0.2, -0.15) is 5.10 Å². The van der Waals surface area contributed by atoms with Gasteiger partial charge in [0.15, 0.2) is 0 Å². The van der Waals surface area contributed by atoms with Gasteiger partial charge >= 0.3 is 0 Å². The van der Waals surface area contributed by atoms with Crippen LogP contribution in [0, 0.1) is 0 Å². The maximum absolute atomic E-state index is 11.2. The highest BCUT2D eigenvalue weighted by Gasteiger charge is 2.43. The van der Waals surface area contributed by atoms with E-state index in [1.807, 2.05) is 6.07 Å². The summed E-state index contributed by atoms with van der Waals surface area (Å²) in [4.78, 5) is 13.9. The monoisotopic (exact) mass is 337 g/mol. The van der Waals surface area contributed by atoms with Gasteiger partial charge in [-0.15, -0.1) is 0 Å². The van der Waals surface area contributed by atoms with Gasteiger partial charge in [-0.05, 0) is 42.7 Å². The number of aromatic amines is 1. The van der Waals surface area contributed by atoms with Crippen molar-refractivity contribution in [2.75, 3.05) is 13.1 Å².